The van der Waals surface area contributed by atoms with Crippen LogP contribution in [0.15, 0.2) is 29.8 Å². The molecule has 0 amide bonds. The Hall–Kier alpha value is -2.42. The molecule has 0 aromatic heterocycles. The Balaban J connectivity index is 2.04. The SMILES string of the molecule is COc1ccc(C2(C)OC(N3CCCS3(=O)=O)=C(O)C2=O)c(OC)c1. The van der Waals surface area contributed by atoms with Crippen LogP contribution in [0.1, 0.15) is 18.9 Å². The maximum atomic E-state index is 12.7. The van der Waals surface area contributed by atoms with Gasteiger partial charge in [-0.15, -0.1) is 0 Å². The molecule has 0 aliphatic carbocycles. The zero-order chi connectivity index (χ0) is 18.4. The first kappa shape index (κ1) is 17.4. The molecule has 1 aromatic carbocycles. The number of carbonyl (C=O) groups is 1. The number of ketones is 1. The Morgan fingerprint density at radius 1 is 1.28 bits per heavy atom. The molecule has 0 spiro atoms. The maximum absolute atomic E-state index is 12.7. The minimum atomic E-state index is -3.60. The van der Waals surface area contributed by atoms with Crippen molar-refractivity contribution in [2.24, 2.45) is 0 Å². The number of rotatable bonds is 4. The lowest BCUT2D eigenvalue weighted by Gasteiger charge is -2.27. The predicted octanol–water partition coefficient (Wildman–Crippen LogP) is 1.28. The standard InChI is InChI=1S/C16H19NO7S/c1-16(11-6-5-10(22-2)9-12(11)23-3)14(19)13(18)15(24-16)17-7-4-8-25(17,20)21/h5-6,9,18H,4,7-8H2,1-3H3. The van der Waals surface area contributed by atoms with Crippen molar-refractivity contribution in [1.29, 1.82) is 0 Å². The third kappa shape index (κ3) is 2.58. The quantitative estimate of drug-likeness (QED) is 0.853. The Morgan fingerprint density at radius 3 is 2.56 bits per heavy atom. The van der Waals surface area contributed by atoms with Crippen molar-refractivity contribution in [3.63, 3.8) is 0 Å². The van der Waals surface area contributed by atoms with Crippen LogP contribution in [0, 0.1) is 0 Å². The summed E-state index contributed by atoms with van der Waals surface area (Å²) in [6.45, 7) is 1.62. The molecule has 1 aromatic rings. The van der Waals surface area contributed by atoms with Crippen LogP contribution in [0.25, 0.3) is 0 Å². The van der Waals surface area contributed by atoms with E-state index in [1.807, 2.05) is 0 Å². The highest BCUT2D eigenvalue weighted by atomic mass is 32.2. The Labute approximate surface area is 145 Å². The van der Waals surface area contributed by atoms with Gasteiger partial charge in [0.25, 0.3) is 11.7 Å². The van der Waals surface area contributed by atoms with Crippen LogP contribution in [0.2, 0.25) is 0 Å². The molecular weight excluding hydrogens is 350 g/mol. The van der Waals surface area contributed by atoms with Gasteiger partial charge in [-0.1, -0.05) is 0 Å². The molecule has 25 heavy (non-hydrogen) atoms. The molecule has 136 valence electrons. The molecule has 3 rings (SSSR count). The second kappa shape index (κ2) is 5.83. The average Bonchev–Trinajstić information content (AvgIpc) is 3.06. The van der Waals surface area contributed by atoms with E-state index < -0.39 is 27.2 Å². The summed E-state index contributed by atoms with van der Waals surface area (Å²) in [6.07, 6.45) is 0.402. The van der Waals surface area contributed by atoms with Gasteiger partial charge in [0.2, 0.25) is 21.4 Å². The van der Waals surface area contributed by atoms with Crippen molar-refractivity contribution in [2.45, 2.75) is 18.9 Å². The van der Waals surface area contributed by atoms with E-state index in [0.29, 0.717) is 23.5 Å². The summed E-state index contributed by atoms with van der Waals surface area (Å²) >= 11 is 0. The van der Waals surface area contributed by atoms with E-state index in [0.717, 1.165) is 4.31 Å². The lowest BCUT2D eigenvalue weighted by atomic mass is 9.90. The van der Waals surface area contributed by atoms with Gasteiger partial charge in [-0.3, -0.25) is 4.79 Å². The van der Waals surface area contributed by atoms with Crippen molar-refractivity contribution in [1.82, 2.24) is 4.31 Å². The van der Waals surface area contributed by atoms with Crippen LogP contribution < -0.4 is 9.47 Å². The van der Waals surface area contributed by atoms with E-state index in [9.17, 15) is 18.3 Å². The number of hydrogen-bond acceptors (Lipinski definition) is 7. The number of carbonyl (C=O) groups excluding carboxylic acids is 1. The number of aliphatic hydroxyl groups excluding tert-OH is 1. The van der Waals surface area contributed by atoms with Crippen LogP contribution in [0.5, 0.6) is 11.5 Å². The third-order valence-corrected chi connectivity index (χ3v) is 6.22. The van der Waals surface area contributed by atoms with Crippen LogP contribution in [0.4, 0.5) is 0 Å². The van der Waals surface area contributed by atoms with E-state index in [4.69, 9.17) is 14.2 Å². The molecular formula is C16H19NO7S. The smallest absolute Gasteiger partial charge is 0.252 e. The number of aliphatic hydroxyl groups is 1. The molecule has 1 saturated heterocycles. The largest absolute Gasteiger partial charge is 0.501 e. The highest BCUT2D eigenvalue weighted by Crippen LogP contribution is 2.44. The van der Waals surface area contributed by atoms with E-state index in [2.05, 4.69) is 0 Å². The second-order valence-electron chi connectivity index (χ2n) is 5.93. The van der Waals surface area contributed by atoms with Gasteiger partial charge < -0.3 is 19.3 Å². The highest BCUT2D eigenvalue weighted by Gasteiger charge is 2.52. The molecule has 2 aliphatic heterocycles. The van der Waals surface area contributed by atoms with Gasteiger partial charge in [0.1, 0.15) is 11.5 Å². The number of benzene rings is 1. The van der Waals surface area contributed by atoms with E-state index in [1.165, 1.54) is 21.1 Å². The number of sulfonamides is 1. The van der Waals surface area contributed by atoms with Gasteiger partial charge in [0, 0.05) is 18.2 Å². The van der Waals surface area contributed by atoms with Gasteiger partial charge >= 0.3 is 0 Å². The predicted molar refractivity (Wildman–Crippen MR) is 87.8 cm³/mol. The molecule has 8 nitrogen and oxygen atoms in total. The van der Waals surface area contributed by atoms with Gasteiger partial charge in [-0.05, 0) is 25.5 Å². The molecule has 0 bridgehead atoms. The summed E-state index contributed by atoms with van der Waals surface area (Å²) in [6, 6.07) is 4.80. The van der Waals surface area contributed by atoms with Crippen LogP contribution in [0.3, 0.4) is 0 Å². The molecule has 9 heteroatoms. The topological polar surface area (TPSA) is 102 Å². The monoisotopic (exact) mass is 369 g/mol. The molecule has 1 N–H and O–H groups in total. The number of ether oxygens (including phenoxy) is 3. The number of nitrogens with zero attached hydrogens (tertiary/aromatic N) is 1. The van der Waals surface area contributed by atoms with Gasteiger partial charge in [-0.2, -0.15) is 0 Å². The second-order valence-corrected chi connectivity index (χ2v) is 7.94. The van der Waals surface area contributed by atoms with Crippen molar-refractivity contribution >= 4 is 15.8 Å². The van der Waals surface area contributed by atoms with Gasteiger partial charge in [0.05, 0.1) is 20.0 Å². The molecule has 1 atom stereocenters. The van der Waals surface area contributed by atoms with E-state index >= 15 is 0 Å². The summed E-state index contributed by atoms with van der Waals surface area (Å²) in [4.78, 5) is 12.7. The molecule has 0 radical (unpaired) electrons. The number of hydrogen-bond donors (Lipinski definition) is 1. The lowest BCUT2D eigenvalue weighted by Crippen LogP contribution is -2.33. The Morgan fingerprint density at radius 2 is 2.00 bits per heavy atom. The summed E-state index contributed by atoms with van der Waals surface area (Å²) < 4.78 is 41.3. The van der Waals surface area contributed by atoms with Crippen LogP contribution >= 0.6 is 0 Å². The van der Waals surface area contributed by atoms with Crippen molar-refractivity contribution in [3.8, 4) is 11.5 Å². The average molecular weight is 369 g/mol. The summed E-state index contributed by atoms with van der Waals surface area (Å²) in [5.41, 5.74) is -1.24. The highest BCUT2D eigenvalue weighted by molar-refractivity contribution is 7.89. The Bertz CT molecular complexity index is 861. The summed E-state index contributed by atoms with van der Waals surface area (Å²) in [5.74, 6) is -0.964. The maximum Gasteiger partial charge on any atom is 0.252 e. The van der Waals surface area contributed by atoms with Gasteiger partial charge in [-0.25, -0.2) is 12.7 Å². The van der Waals surface area contributed by atoms with E-state index in [1.54, 1.807) is 18.2 Å². The lowest BCUT2D eigenvalue weighted by molar-refractivity contribution is -0.132. The van der Waals surface area contributed by atoms with Crippen molar-refractivity contribution < 1.29 is 32.5 Å². The van der Waals surface area contributed by atoms with Crippen LogP contribution in [-0.4, -0.2) is 50.1 Å². The fraction of sp³-hybridized carbons (Fsp3) is 0.438. The van der Waals surface area contributed by atoms with Crippen molar-refractivity contribution in [2.75, 3.05) is 26.5 Å². The zero-order valence-electron chi connectivity index (χ0n) is 14.1. The fourth-order valence-electron chi connectivity index (χ4n) is 3.02. The van der Waals surface area contributed by atoms with E-state index in [-0.39, 0.29) is 18.2 Å². The minimum absolute atomic E-state index is 0.0517. The Kier molecular flexibility index (Phi) is 4.06. The number of methoxy groups -OCH3 is 2. The molecule has 1 fully saturated rings. The third-order valence-electron chi connectivity index (χ3n) is 4.40. The van der Waals surface area contributed by atoms with Gasteiger partial charge in [0.15, 0.2) is 0 Å². The van der Waals surface area contributed by atoms with Crippen molar-refractivity contribution in [3.05, 3.63) is 35.4 Å². The minimum Gasteiger partial charge on any atom is -0.501 e. The molecule has 2 aliphatic rings. The molecule has 0 saturated carbocycles. The van der Waals surface area contributed by atoms with Crippen LogP contribution in [-0.2, 0) is 25.2 Å². The molecule has 2 heterocycles. The molecule has 1 unspecified atom stereocenters. The first-order valence-corrected chi connectivity index (χ1v) is 9.25. The normalized spacial score (nSPS) is 25.2. The number of Topliss-reactive ketones (excluding diaryl/α,β-unsaturated/α-hetero) is 1. The first-order chi connectivity index (χ1) is 11.7. The first-order valence-electron chi connectivity index (χ1n) is 7.64. The summed E-state index contributed by atoms with van der Waals surface area (Å²) in [5, 5.41) is 10.2. The summed E-state index contributed by atoms with van der Waals surface area (Å²) in [7, 11) is -0.671. The fourth-order valence-corrected chi connectivity index (χ4v) is 4.52. The zero-order valence-corrected chi connectivity index (χ0v) is 14.9.